The zero-order valence-electron chi connectivity index (χ0n) is 6.93. The maximum absolute atomic E-state index is 10.8. The van der Waals surface area contributed by atoms with E-state index in [1.54, 1.807) is 17.5 Å². The van der Waals surface area contributed by atoms with Crippen LogP contribution >= 0.6 is 24.0 Å². The van der Waals surface area contributed by atoms with Crippen LogP contribution in [0.3, 0.4) is 0 Å². The highest BCUT2D eigenvalue weighted by Gasteiger charge is 2.19. The van der Waals surface area contributed by atoms with Crippen molar-refractivity contribution < 1.29 is 4.92 Å². The first-order chi connectivity index (χ1) is 6.61. The summed E-state index contributed by atoms with van der Waals surface area (Å²) in [6, 6.07) is 3.50. The third-order valence-electron chi connectivity index (χ3n) is 1.90. The molecule has 14 heavy (non-hydrogen) atoms. The largest absolute Gasteiger partial charge is 0.398 e. The van der Waals surface area contributed by atoms with Gasteiger partial charge in [0, 0.05) is 5.39 Å². The Bertz CT molecular complexity index is 521. The third kappa shape index (κ3) is 1.23. The van der Waals surface area contributed by atoms with Crippen molar-refractivity contribution in [2.45, 2.75) is 4.90 Å². The fourth-order valence-corrected chi connectivity index (χ4v) is 2.51. The van der Waals surface area contributed by atoms with E-state index in [4.69, 9.17) is 5.73 Å². The predicted octanol–water partition coefficient (Wildman–Crippen LogP) is 2.68. The second-order valence-electron chi connectivity index (χ2n) is 2.76. The number of rotatable bonds is 1. The Morgan fingerprint density at radius 1 is 1.57 bits per heavy atom. The normalized spacial score (nSPS) is 10.6. The Hall–Kier alpha value is -1.27. The van der Waals surface area contributed by atoms with E-state index in [0.717, 1.165) is 5.39 Å². The molecular weight excluding hydrogens is 220 g/mol. The smallest absolute Gasteiger partial charge is 0.302 e. The minimum Gasteiger partial charge on any atom is -0.398 e. The number of anilines is 1. The summed E-state index contributed by atoms with van der Waals surface area (Å²) in [5.41, 5.74) is 5.94. The van der Waals surface area contributed by atoms with Crippen molar-refractivity contribution in [2.75, 3.05) is 5.73 Å². The first-order valence-corrected chi connectivity index (χ1v) is 5.07. The molecule has 0 amide bonds. The lowest BCUT2D eigenvalue weighted by Crippen LogP contribution is -1.94. The van der Waals surface area contributed by atoms with Crippen LogP contribution in [0.4, 0.5) is 11.4 Å². The van der Waals surface area contributed by atoms with Crippen LogP contribution in [0.1, 0.15) is 0 Å². The molecule has 0 saturated carbocycles. The summed E-state index contributed by atoms with van der Waals surface area (Å²) >= 11 is 5.36. The molecule has 6 heteroatoms. The van der Waals surface area contributed by atoms with Gasteiger partial charge >= 0.3 is 5.69 Å². The van der Waals surface area contributed by atoms with Gasteiger partial charge in [-0.2, -0.15) is 0 Å². The summed E-state index contributed by atoms with van der Waals surface area (Å²) in [5.74, 6) is 0. The highest BCUT2D eigenvalue weighted by molar-refractivity contribution is 7.80. The van der Waals surface area contributed by atoms with Crippen molar-refractivity contribution >= 4 is 45.4 Å². The number of nitrogens with two attached hydrogens (primary N) is 1. The SMILES string of the molecule is Nc1cc2ccsc2c([N+](=O)[O-])c1S. The van der Waals surface area contributed by atoms with E-state index >= 15 is 0 Å². The molecule has 0 bridgehead atoms. The van der Waals surface area contributed by atoms with Crippen LogP contribution in [-0.2, 0) is 0 Å². The van der Waals surface area contributed by atoms with Crippen LogP contribution < -0.4 is 5.73 Å². The summed E-state index contributed by atoms with van der Waals surface area (Å²) in [6.07, 6.45) is 0. The molecule has 0 unspecified atom stereocenters. The van der Waals surface area contributed by atoms with Gasteiger partial charge in [-0.05, 0) is 17.5 Å². The third-order valence-corrected chi connectivity index (χ3v) is 3.31. The molecule has 0 aliphatic rings. The number of hydrogen-bond acceptors (Lipinski definition) is 5. The van der Waals surface area contributed by atoms with Gasteiger partial charge in [-0.25, -0.2) is 0 Å². The molecule has 4 nitrogen and oxygen atoms in total. The average molecular weight is 226 g/mol. The standard InChI is InChI=1S/C8H6N2O2S2/c9-5-3-4-1-2-14-8(4)6(7(5)13)10(11)12/h1-3,13H,9H2. The lowest BCUT2D eigenvalue weighted by Gasteiger charge is -2.01. The van der Waals surface area contributed by atoms with E-state index < -0.39 is 4.92 Å². The quantitative estimate of drug-likeness (QED) is 0.340. The molecule has 2 N–H and O–H groups in total. The lowest BCUT2D eigenvalue weighted by atomic mass is 10.2. The van der Waals surface area contributed by atoms with Gasteiger partial charge in [0.25, 0.3) is 0 Å². The van der Waals surface area contributed by atoms with Crippen molar-refractivity contribution in [3.63, 3.8) is 0 Å². The second-order valence-corrected chi connectivity index (χ2v) is 4.12. The van der Waals surface area contributed by atoms with E-state index in [9.17, 15) is 10.1 Å². The molecule has 0 aliphatic carbocycles. The molecule has 0 saturated heterocycles. The highest BCUT2D eigenvalue weighted by atomic mass is 32.1. The summed E-state index contributed by atoms with van der Waals surface area (Å²) in [4.78, 5) is 10.6. The molecular formula is C8H6N2O2S2. The Kier molecular flexibility index (Phi) is 2.09. The molecule has 1 aromatic heterocycles. The van der Waals surface area contributed by atoms with Gasteiger partial charge < -0.3 is 5.73 Å². The zero-order chi connectivity index (χ0) is 10.3. The predicted molar refractivity (Wildman–Crippen MR) is 60.1 cm³/mol. The summed E-state index contributed by atoms with van der Waals surface area (Å²) in [6.45, 7) is 0. The first-order valence-electron chi connectivity index (χ1n) is 3.74. The summed E-state index contributed by atoms with van der Waals surface area (Å²) in [5, 5.41) is 13.4. The van der Waals surface area contributed by atoms with Crippen LogP contribution in [0.2, 0.25) is 0 Å². The van der Waals surface area contributed by atoms with Crippen molar-refractivity contribution in [2.24, 2.45) is 0 Å². The second kappa shape index (κ2) is 3.14. The van der Waals surface area contributed by atoms with E-state index in [1.165, 1.54) is 11.3 Å². The summed E-state index contributed by atoms with van der Waals surface area (Å²) < 4.78 is 0.620. The maximum Gasteiger partial charge on any atom is 0.302 e. The number of fused-ring (bicyclic) bond motifs is 1. The van der Waals surface area contributed by atoms with Gasteiger partial charge in [-0.15, -0.1) is 24.0 Å². The van der Waals surface area contributed by atoms with E-state index in [1.807, 2.05) is 0 Å². The number of nitrogen functional groups attached to an aromatic ring is 1. The van der Waals surface area contributed by atoms with Gasteiger partial charge in [0.1, 0.15) is 9.60 Å². The minimum absolute atomic E-state index is 0.00154. The van der Waals surface area contributed by atoms with Crippen molar-refractivity contribution in [3.8, 4) is 0 Å². The molecule has 0 aliphatic heterocycles. The lowest BCUT2D eigenvalue weighted by molar-refractivity contribution is -0.385. The van der Waals surface area contributed by atoms with Gasteiger partial charge in [0.15, 0.2) is 0 Å². The molecule has 1 heterocycles. The Morgan fingerprint density at radius 2 is 2.29 bits per heavy atom. The molecule has 0 spiro atoms. The number of nitro groups is 1. The molecule has 2 aromatic rings. The topological polar surface area (TPSA) is 69.2 Å². The van der Waals surface area contributed by atoms with Gasteiger partial charge in [0.2, 0.25) is 0 Å². The number of thiophene rings is 1. The van der Waals surface area contributed by atoms with Crippen LogP contribution in [0.25, 0.3) is 10.1 Å². The van der Waals surface area contributed by atoms with Gasteiger partial charge in [-0.1, -0.05) is 0 Å². The van der Waals surface area contributed by atoms with Gasteiger partial charge in [0.05, 0.1) is 10.6 Å². The molecule has 2 rings (SSSR count). The summed E-state index contributed by atoms with van der Waals surface area (Å²) in [7, 11) is 0. The van der Waals surface area contributed by atoms with Crippen LogP contribution in [0.15, 0.2) is 22.4 Å². The van der Waals surface area contributed by atoms with Crippen LogP contribution in [0.5, 0.6) is 0 Å². The van der Waals surface area contributed by atoms with Crippen LogP contribution in [-0.4, -0.2) is 4.92 Å². The number of nitrogens with zero attached hydrogens (tertiary/aromatic N) is 1. The number of nitro benzene ring substituents is 1. The molecule has 72 valence electrons. The molecule has 1 aromatic carbocycles. The Labute approximate surface area is 88.9 Å². The Morgan fingerprint density at radius 3 is 2.93 bits per heavy atom. The fraction of sp³-hybridized carbons (Fsp3) is 0. The number of hydrogen-bond donors (Lipinski definition) is 2. The maximum atomic E-state index is 10.8. The highest BCUT2D eigenvalue weighted by Crippen LogP contribution is 2.39. The van der Waals surface area contributed by atoms with Crippen LogP contribution in [0, 0.1) is 10.1 Å². The van der Waals surface area contributed by atoms with Gasteiger partial charge in [-0.3, -0.25) is 10.1 Å². The van der Waals surface area contributed by atoms with Crippen molar-refractivity contribution in [3.05, 3.63) is 27.6 Å². The van der Waals surface area contributed by atoms with E-state index in [-0.39, 0.29) is 10.6 Å². The number of thiol groups is 1. The van der Waals surface area contributed by atoms with E-state index in [2.05, 4.69) is 12.6 Å². The van der Waals surface area contributed by atoms with Crippen molar-refractivity contribution in [1.82, 2.24) is 0 Å². The first kappa shape index (κ1) is 9.29. The number of benzene rings is 1. The minimum atomic E-state index is -0.447. The van der Waals surface area contributed by atoms with Crippen molar-refractivity contribution in [1.29, 1.82) is 0 Å². The monoisotopic (exact) mass is 226 g/mol. The molecule has 0 fully saturated rings. The van der Waals surface area contributed by atoms with E-state index in [0.29, 0.717) is 10.4 Å². The molecule has 0 radical (unpaired) electrons. The average Bonchev–Trinajstić information content (AvgIpc) is 2.52. The zero-order valence-corrected chi connectivity index (χ0v) is 8.64. The fourth-order valence-electron chi connectivity index (χ4n) is 1.27. The Balaban J connectivity index is 2.93. The molecule has 0 atom stereocenters.